The number of pyridine rings is 1. The molecule has 0 saturated carbocycles. The van der Waals surface area contributed by atoms with Crippen molar-refractivity contribution >= 4 is 5.82 Å². The van der Waals surface area contributed by atoms with Crippen molar-refractivity contribution in [3.8, 4) is 0 Å². The molecule has 0 saturated heterocycles. The van der Waals surface area contributed by atoms with Crippen LogP contribution >= 0.6 is 0 Å². The molecule has 0 spiro atoms. The highest BCUT2D eigenvalue weighted by atomic mass is 19.1. The minimum absolute atomic E-state index is 0.100. The third-order valence-corrected chi connectivity index (χ3v) is 0.684. The van der Waals surface area contributed by atoms with Crippen LogP contribution in [0.15, 0.2) is 18.2 Å². The summed E-state index contributed by atoms with van der Waals surface area (Å²) < 4.78 is 19.0. The second-order valence-corrected chi connectivity index (χ2v) is 1.31. The molecule has 0 aliphatic rings. The van der Waals surface area contributed by atoms with Gasteiger partial charge in [-0.1, -0.05) is 6.07 Å². The van der Waals surface area contributed by atoms with Crippen LogP contribution in [0.5, 0.6) is 0 Å². The highest BCUT2D eigenvalue weighted by molar-refractivity contribution is 5.25. The van der Waals surface area contributed by atoms with Crippen LogP contribution in [-0.2, 0) is 0 Å². The lowest BCUT2D eigenvalue weighted by Crippen LogP contribution is -1.90. The van der Waals surface area contributed by atoms with Crippen LogP contribution in [0.3, 0.4) is 0 Å². The van der Waals surface area contributed by atoms with E-state index in [0.717, 1.165) is 0 Å². The second kappa shape index (κ2) is 1.78. The van der Waals surface area contributed by atoms with E-state index in [1.165, 1.54) is 12.1 Å². The zero-order valence-electron chi connectivity index (χ0n) is 5.06. The van der Waals surface area contributed by atoms with Gasteiger partial charge in [-0.3, -0.25) is 0 Å². The molecule has 2 nitrogen and oxygen atoms in total. The van der Waals surface area contributed by atoms with Gasteiger partial charge in [0, 0.05) is 0 Å². The molecular formula is C5H5FN2. The van der Waals surface area contributed by atoms with Gasteiger partial charge in [-0.05, 0) is 12.1 Å². The topological polar surface area (TPSA) is 38.9 Å². The Morgan fingerprint density at radius 2 is 2.62 bits per heavy atom. The number of hydrogen-bond acceptors (Lipinski definition) is 2. The van der Waals surface area contributed by atoms with Gasteiger partial charge in [0.2, 0.25) is 5.95 Å². The van der Waals surface area contributed by atoms with E-state index in [2.05, 4.69) is 4.98 Å². The van der Waals surface area contributed by atoms with Gasteiger partial charge in [0.25, 0.3) is 0 Å². The Kier molecular flexibility index (Phi) is 0.850. The first kappa shape index (κ1) is 3.83. The van der Waals surface area contributed by atoms with Gasteiger partial charge in [-0.25, -0.2) is 4.98 Å². The van der Waals surface area contributed by atoms with Gasteiger partial charge in [-0.2, -0.15) is 4.39 Å². The molecule has 1 aromatic heterocycles. The quantitative estimate of drug-likeness (QED) is 0.505. The van der Waals surface area contributed by atoms with Crippen molar-refractivity contribution in [3.05, 3.63) is 24.1 Å². The molecule has 42 valence electrons. The fraction of sp³-hybridized carbons (Fsp3) is 0. The lowest BCUT2D eigenvalue weighted by Gasteiger charge is -1.87. The minimum Gasteiger partial charge on any atom is -0.384 e. The Balaban J connectivity index is 3.17. The Labute approximate surface area is 47.6 Å². The summed E-state index contributed by atoms with van der Waals surface area (Å²) in [5.74, 6) is -0.724. The first-order chi connectivity index (χ1) is 4.20. The largest absolute Gasteiger partial charge is 0.384 e. The maximum Gasteiger partial charge on any atom is 0.214 e. The van der Waals surface area contributed by atoms with Crippen LogP contribution in [0, 0.1) is 5.95 Å². The molecule has 1 rings (SSSR count). The highest BCUT2D eigenvalue weighted by Gasteiger charge is 1.86. The molecule has 0 radical (unpaired) electrons. The maximum atomic E-state index is 12.2. The highest BCUT2D eigenvalue weighted by Crippen LogP contribution is 1.96. The molecule has 0 fully saturated rings. The van der Waals surface area contributed by atoms with Crippen LogP contribution in [0.25, 0.3) is 0 Å². The Hall–Kier alpha value is -1.12. The first-order valence-electron chi connectivity index (χ1n) is 2.59. The average Bonchev–Trinajstić information content (AvgIpc) is 1.80. The number of halogens is 1. The van der Waals surface area contributed by atoms with E-state index in [1.807, 2.05) is 0 Å². The summed E-state index contributed by atoms with van der Waals surface area (Å²) in [6, 6.07) is 2.41. The van der Waals surface area contributed by atoms with Gasteiger partial charge in [0.1, 0.15) is 5.82 Å². The van der Waals surface area contributed by atoms with Gasteiger partial charge >= 0.3 is 0 Å². The Morgan fingerprint density at radius 3 is 3.12 bits per heavy atom. The number of nitrogen functional groups attached to an aromatic ring is 1. The monoisotopic (exact) mass is 113 g/mol. The van der Waals surface area contributed by atoms with E-state index >= 15 is 0 Å². The fourth-order valence-corrected chi connectivity index (χ4v) is 0.379. The summed E-state index contributed by atoms with van der Waals surface area (Å²) >= 11 is 0. The molecular weight excluding hydrogens is 107 g/mol. The van der Waals surface area contributed by atoms with Gasteiger partial charge < -0.3 is 5.73 Å². The number of nitrogens with zero attached hydrogens (tertiary/aromatic N) is 1. The summed E-state index contributed by atoms with van der Waals surface area (Å²) in [7, 11) is 0. The zero-order valence-corrected chi connectivity index (χ0v) is 4.06. The summed E-state index contributed by atoms with van der Waals surface area (Å²) in [5, 5.41) is 0. The number of rotatable bonds is 0. The van der Waals surface area contributed by atoms with Gasteiger partial charge in [0.05, 0.1) is 1.37 Å². The van der Waals surface area contributed by atoms with Crippen molar-refractivity contribution in [2.45, 2.75) is 0 Å². The number of nitrogens with two attached hydrogens (primary N) is 1. The minimum atomic E-state index is -0.824. The first-order valence-corrected chi connectivity index (χ1v) is 2.09. The van der Waals surface area contributed by atoms with Crippen LogP contribution in [0.2, 0.25) is 0 Å². The smallest absolute Gasteiger partial charge is 0.214 e. The van der Waals surface area contributed by atoms with Crippen LogP contribution in [0.1, 0.15) is 1.37 Å². The fourth-order valence-electron chi connectivity index (χ4n) is 0.379. The summed E-state index contributed by atoms with van der Waals surface area (Å²) in [4.78, 5) is 3.20. The zero-order chi connectivity index (χ0) is 6.85. The lowest BCUT2D eigenvalue weighted by molar-refractivity contribution is 0.586. The summed E-state index contributed by atoms with van der Waals surface area (Å²) in [5.41, 5.74) is 5.09. The molecule has 0 aliphatic heterocycles. The predicted molar refractivity (Wildman–Crippen MR) is 28.6 cm³/mol. The average molecular weight is 113 g/mol. The number of aromatic nitrogens is 1. The maximum absolute atomic E-state index is 12.2. The van der Waals surface area contributed by atoms with E-state index < -0.39 is 5.95 Å². The normalized spacial score (nSPS) is 10.9. The number of hydrogen-bond donors (Lipinski definition) is 1. The van der Waals surface area contributed by atoms with Gasteiger partial charge in [0.15, 0.2) is 0 Å². The molecule has 0 unspecified atom stereocenters. The third kappa shape index (κ3) is 0.932. The van der Waals surface area contributed by atoms with Gasteiger partial charge in [-0.15, -0.1) is 0 Å². The predicted octanol–water partition coefficient (Wildman–Crippen LogP) is 0.803. The van der Waals surface area contributed by atoms with Crippen LogP contribution < -0.4 is 5.73 Å². The van der Waals surface area contributed by atoms with Crippen molar-refractivity contribution in [3.63, 3.8) is 0 Å². The van der Waals surface area contributed by atoms with Crippen LogP contribution in [-0.4, -0.2) is 4.98 Å². The summed E-state index contributed by atoms with van der Waals surface area (Å²) in [6.07, 6.45) is 0. The Morgan fingerprint density at radius 1 is 1.88 bits per heavy atom. The summed E-state index contributed by atoms with van der Waals surface area (Å²) in [6.45, 7) is 0. The molecule has 0 aliphatic carbocycles. The van der Waals surface area contributed by atoms with E-state index in [0.29, 0.717) is 0 Å². The van der Waals surface area contributed by atoms with Crippen molar-refractivity contribution in [1.82, 2.24) is 4.98 Å². The van der Waals surface area contributed by atoms with Crippen molar-refractivity contribution in [1.29, 1.82) is 0 Å². The molecule has 8 heavy (non-hydrogen) atoms. The Bertz CT molecular complexity index is 226. The van der Waals surface area contributed by atoms with E-state index in [-0.39, 0.29) is 11.9 Å². The third-order valence-electron chi connectivity index (χ3n) is 0.684. The number of anilines is 1. The van der Waals surface area contributed by atoms with Crippen molar-refractivity contribution < 1.29 is 5.76 Å². The molecule has 0 aromatic carbocycles. The van der Waals surface area contributed by atoms with Crippen LogP contribution in [0.4, 0.5) is 10.2 Å². The second-order valence-electron chi connectivity index (χ2n) is 1.31. The molecule has 0 atom stereocenters. The van der Waals surface area contributed by atoms with E-state index in [1.54, 1.807) is 0 Å². The van der Waals surface area contributed by atoms with Crippen molar-refractivity contribution in [2.75, 3.05) is 5.73 Å². The molecule has 0 amide bonds. The lowest BCUT2D eigenvalue weighted by atomic mass is 10.5. The molecule has 1 aromatic rings. The van der Waals surface area contributed by atoms with E-state index in [9.17, 15) is 4.39 Å². The molecule has 1 heterocycles. The van der Waals surface area contributed by atoms with E-state index in [4.69, 9.17) is 7.10 Å². The molecule has 2 N–H and O–H groups in total. The molecule has 0 bridgehead atoms. The van der Waals surface area contributed by atoms with Crippen molar-refractivity contribution in [2.24, 2.45) is 0 Å². The SMILES string of the molecule is [2H]c1ccc(N)nc1F. The molecule has 3 heteroatoms. The standard InChI is InChI=1S/C5H5FN2/c6-4-2-1-3-5(7)8-4/h1-3H,(H2,7,8)/i2D.